The molecule has 0 aromatic heterocycles. The van der Waals surface area contributed by atoms with Crippen LogP contribution in [0.4, 0.5) is 5.69 Å². The molecule has 0 saturated heterocycles. The van der Waals surface area contributed by atoms with Gasteiger partial charge in [-0.3, -0.25) is 4.79 Å². The summed E-state index contributed by atoms with van der Waals surface area (Å²) in [6.45, 7) is 2.21. The summed E-state index contributed by atoms with van der Waals surface area (Å²) in [7, 11) is 1.30. The summed E-state index contributed by atoms with van der Waals surface area (Å²) >= 11 is 0. The number of hydrogen-bond acceptors (Lipinski definition) is 5. The average molecular weight is 329 g/mol. The van der Waals surface area contributed by atoms with Gasteiger partial charge in [-0.1, -0.05) is 18.2 Å². The summed E-state index contributed by atoms with van der Waals surface area (Å²) < 4.78 is 15.6. The molecule has 0 unspecified atom stereocenters. The Labute approximate surface area is 140 Å². The third kappa shape index (κ3) is 4.74. The van der Waals surface area contributed by atoms with Crippen LogP contribution in [0.15, 0.2) is 48.5 Å². The zero-order valence-electron chi connectivity index (χ0n) is 13.6. The van der Waals surface area contributed by atoms with E-state index in [1.165, 1.54) is 13.2 Å². The van der Waals surface area contributed by atoms with Gasteiger partial charge in [0.2, 0.25) is 0 Å². The molecule has 0 atom stereocenters. The van der Waals surface area contributed by atoms with Crippen molar-refractivity contribution in [3.63, 3.8) is 0 Å². The molecule has 1 N–H and O–H groups in total. The van der Waals surface area contributed by atoms with E-state index in [4.69, 9.17) is 9.47 Å². The van der Waals surface area contributed by atoms with Crippen LogP contribution in [-0.4, -0.2) is 32.2 Å². The summed E-state index contributed by atoms with van der Waals surface area (Å²) in [5.41, 5.74) is 0.850. The van der Waals surface area contributed by atoms with Crippen molar-refractivity contribution in [3.8, 4) is 11.5 Å². The van der Waals surface area contributed by atoms with E-state index in [2.05, 4.69) is 10.1 Å². The number of benzene rings is 2. The van der Waals surface area contributed by atoms with E-state index in [-0.39, 0.29) is 12.5 Å². The molecule has 6 heteroatoms. The molecule has 0 aliphatic rings. The first kappa shape index (κ1) is 17.3. The van der Waals surface area contributed by atoms with Gasteiger partial charge in [-0.05, 0) is 37.3 Å². The van der Waals surface area contributed by atoms with Gasteiger partial charge in [-0.15, -0.1) is 0 Å². The van der Waals surface area contributed by atoms with Gasteiger partial charge in [0.25, 0.3) is 5.91 Å². The van der Waals surface area contributed by atoms with E-state index >= 15 is 0 Å². The monoisotopic (exact) mass is 329 g/mol. The lowest BCUT2D eigenvalue weighted by atomic mass is 10.2. The normalized spacial score (nSPS) is 9.92. The number of anilines is 1. The molecule has 0 fully saturated rings. The molecule has 126 valence electrons. The highest BCUT2D eigenvalue weighted by Crippen LogP contribution is 2.26. The van der Waals surface area contributed by atoms with Crippen LogP contribution < -0.4 is 14.8 Å². The van der Waals surface area contributed by atoms with Crippen molar-refractivity contribution in [3.05, 3.63) is 54.1 Å². The first-order valence-corrected chi connectivity index (χ1v) is 7.47. The minimum Gasteiger partial charge on any atom is -0.490 e. The van der Waals surface area contributed by atoms with E-state index in [1.807, 2.05) is 13.0 Å². The molecular formula is C18H19NO5. The van der Waals surface area contributed by atoms with Gasteiger partial charge in [-0.2, -0.15) is 0 Å². The highest BCUT2D eigenvalue weighted by molar-refractivity contribution is 5.95. The number of para-hydroxylation sites is 2. The van der Waals surface area contributed by atoms with E-state index in [0.717, 1.165) is 0 Å². The van der Waals surface area contributed by atoms with Gasteiger partial charge < -0.3 is 19.5 Å². The molecule has 0 aliphatic heterocycles. The molecule has 2 rings (SSSR count). The minimum atomic E-state index is -0.465. The molecule has 24 heavy (non-hydrogen) atoms. The maximum atomic E-state index is 12.0. The number of methoxy groups -OCH3 is 1. The van der Waals surface area contributed by atoms with Crippen LogP contribution in [0.2, 0.25) is 0 Å². The third-order valence-electron chi connectivity index (χ3n) is 3.08. The Morgan fingerprint density at radius 1 is 1.00 bits per heavy atom. The molecule has 6 nitrogen and oxygen atoms in total. The number of amides is 1. The number of hydrogen-bond donors (Lipinski definition) is 1. The molecule has 0 bridgehead atoms. The predicted molar refractivity (Wildman–Crippen MR) is 89.5 cm³/mol. The van der Waals surface area contributed by atoms with Gasteiger partial charge in [-0.25, -0.2) is 4.79 Å². The summed E-state index contributed by atoms with van der Waals surface area (Å²) in [6, 6.07) is 13.6. The maximum Gasteiger partial charge on any atom is 0.337 e. The number of nitrogens with one attached hydrogen (secondary N) is 1. The zero-order valence-corrected chi connectivity index (χ0v) is 13.6. The van der Waals surface area contributed by atoms with E-state index in [1.54, 1.807) is 36.4 Å². The first-order valence-electron chi connectivity index (χ1n) is 7.47. The van der Waals surface area contributed by atoms with Gasteiger partial charge in [0.15, 0.2) is 18.1 Å². The van der Waals surface area contributed by atoms with Gasteiger partial charge in [0.05, 0.1) is 19.3 Å². The molecule has 0 radical (unpaired) electrons. The van der Waals surface area contributed by atoms with Crippen LogP contribution in [0.1, 0.15) is 17.3 Å². The minimum absolute atomic E-state index is 0.174. The SMILES string of the molecule is CCOc1ccccc1OCC(=O)Nc1cccc(C(=O)OC)c1. The fourth-order valence-corrected chi connectivity index (χ4v) is 2.03. The number of carbonyl (C=O) groups excluding carboxylic acids is 2. The van der Waals surface area contributed by atoms with Gasteiger partial charge in [0, 0.05) is 5.69 Å². The average Bonchev–Trinajstić information content (AvgIpc) is 2.61. The molecule has 0 saturated carbocycles. The fraction of sp³-hybridized carbons (Fsp3) is 0.222. The Morgan fingerprint density at radius 2 is 1.71 bits per heavy atom. The van der Waals surface area contributed by atoms with Crippen molar-refractivity contribution >= 4 is 17.6 Å². The lowest BCUT2D eigenvalue weighted by molar-refractivity contribution is -0.118. The first-order chi connectivity index (χ1) is 11.6. The fourth-order valence-electron chi connectivity index (χ4n) is 2.03. The zero-order chi connectivity index (χ0) is 17.4. The van der Waals surface area contributed by atoms with Crippen LogP contribution in [0.25, 0.3) is 0 Å². The Bertz CT molecular complexity index is 714. The smallest absolute Gasteiger partial charge is 0.337 e. The summed E-state index contributed by atoms with van der Waals surface area (Å²) in [4.78, 5) is 23.5. The molecule has 2 aromatic rings. The number of ether oxygens (including phenoxy) is 3. The molecular weight excluding hydrogens is 310 g/mol. The topological polar surface area (TPSA) is 73.9 Å². The number of rotatable bonds is 7. The Morgan fingerprint density at radius 3 is 2.38 bits per heavy atom. The molecule has 1 amide bonds. The Balaban J connectivity index is 1.96. The maximum absolute atomic E-state index is 12.0. The standard InChI is InChI=1S/C18H19NO5/c1-3-23-15-9-4-5-10-16(15)24-12-17(20)19-14-8-6-7-13(11-14)18(21)22-2/h4-11H,3,12H2,1-2H3,(H,19,20). The van der Waals surface area contributed by atoms with Crippen molar-refractivity contribution in [1.82, 2.24) is 0 Å². The van der Waals surface area contributed by atoms with Gasteiger partial charge in [0.1, 0.15) is 0 Å². The lowest BCUT2D eigenvalue weighted by Crippen LogP contribution is -2.20. The van der Waals surface area contributed by atoms with Crippen LogP contribution in [0.5, 0.6) is 11.5 Å². The largest absolute Gasteiger partial charge is 0.490 e. The molecule has 0 spiro atoms. The second-order valence-electron chi connectivity index (χ2n) is 4.79. The summed E-state index contributed by atoms with van der Waals surface area (Å²) in [5.74, 6) is 0.273. The van der Waals surface area contributed by atoms with E-state index < -0.39 is 5.97 Å². The van der Waals surface area contributed by atoms with Crippen molar-refractivity contribution in [2.45, 2.75) is 6.92 Å². The predicted octanol–water partition coefficient (Wildman–Crippen LogP) is 2.89. The van der Waals surface area contributed by atoms with E-state index in [0.29, 0.717) is 29.4 Å². The third-order valence-corrected chi connectivity index (χ3v) is 3.08. The van der Waals surface area contributed by atoms with Crippen molar-refractivity contribution in [1.29, 1.82) is 0 Å². The molecule has 2 aromatic carbocycles. The Hall–Kier alpha value is -3.02. The number of carbonyl (C=O) groups is 2. The highest BCUT2D eigenvalue weighted by Gasteiger charge is 2.10. The quantitative estimate of drug-likeness (QED) is 0.791. The van der Waals surface area contributed by atoms with Crippen molar-refractivity contribution in [2.75, 3.05) is 25.6 Å². The van der Waals surface area contributed by atoms with Crippen LogP contribution in [-0.2, 0) is 9.53 Å². The van der Waals surface area contributed by atoms with Crippen LogP contribution in [0.3, 0.4) is 0 Å². The summed E-state index contributed by atoms with van der Waals surface area (Å²) in [5, 5.41) is 2.67. The van der Waals surface area contributed by atoms with Crippen LogP contribution >= 0.6 is 0 Å². The van der Waals surface area contributed by atoms with Crippen molar-refractivity contribution < 1.29 is 23.8 Å². The van der Waals surface area contributed by atoms with E-state index in [9.17, 15) is 9.59 Å². The highest BCUT2D eigenvalue weighted by atomic mass is 16.5. The second kappa shape index (κ2) is 8.57. The molecule has 0 aliphatic carbocycles. The molecule has 0 heterocycles. The lowest BCUT2D eigenvalue weighted by Gasteiger charge is -2.12. The van der Waals surface area contributed by atoms with Gasteiger partial charge >= 0.3 is 5.97 Å². The Kier molecular flexibility index (Phi) is 6.19. The number of esters is 1. The van der Waals surface area contributed by atoms with Crippen LogP contribution in [0, 0.1) is 0 Å². The van der Waals surface area contributed by atoms with Crippen molar-refractivity contribution in [2.24, 2.45) is 0 Å². The second-order valence-corrected chi connectivity index (χ2v) is 4.79. The summed E-state index contributed by atoms with van der Waals surface area (Å²) in [6.07, 6.45) is 0.